The van der Waals surface area contributed by atoms with Crippen molar-refractivity contribution in [3.8, 4) is 5.75 Å². The highest BCUT2D eigenvalue weighted by atomic mass is 16.6. The Labute approximate surface area is 230 Å². The fourth-order valence-electron chi connectivity index (χ4n) is 3.87. The normalized spacial score (nSPS) is 13.7. The van der Waals surface area contributed by atoms with Crippen LogP contribution in [-0.2, 0) is 26.3 Å². The van der Waals surface area contributed by atoms with Gasteiger partial charge in [0.2, 0.25) is 0 Å². The van der Waals surface area contributed by atoms with Crippen molar-refractivity contribution in [3.63, 3.8) is 0 Å². The van der Waals surface area contributed by atoms with E-state index in [-0.39, 0.29) is 47.2 Å². The molecule has 0 fully saturated rings. The van der Waals surface area contributed by atoms with Crippen LogP contribution in [0.1, 0.15) is 36.7 Å². The molecule has 1 heterocycles. The van der Waals surface area contributed by atoms with Crippen LogP contribution in [0.4, 0.5) is 11.6 Å². The summed E-state index contributed by atoms with van der Waals surface area (Å²) in [5.74, 6) is -1.24. The molecule has 0 aliphatic heterocycles. The second-order valence-electron chi connectivity index (χ2n) is 10.1. The zero-order valence-corrected chi connectivity index (χ0v) is 22.2. The first kappa shape index (κ1) is 28.0. The molecule has 0 radical (unpaired) electrons. The van der Waals surface area contributed by atoms with Crippen molar-refractivity contribution in [1.82, 2.24) is 9.55 Å². The van der Waals surface area contributed by atoms with Crippen LogP contribution < -0.4 is 10.1 Å². The number of ketones is 2. The Kier molecular flexibility index (Phi) is 8.23. The summed E-state index contributed by atoms with van der Waals surface area (Å²) in [7, 11) is 0. The number of anilines is 1. The molecule has 0 spiro atoms. The summed E-state index contributed by atoms with van der Waals surface area (Å²) < 4.78 is 12.9. The summed E-state index contributed by atoms with van der Waals surface area (Å²) in [6, 6.07) is 13.8. The summed E-state index contributed by atoms with van der Waals surface area (Å²) in [4.78, 5) is 50.8. The fraction of sp³-hybridized carbons (Fsp3) is 0.241. The van der Waals surface area contributed by atoms with Crippen LogP contribution in [0.2, 0.25) is 0 Å². The number of nitro groups is 1. The number of allylic oxidation sites excluding steroid dienone is 3. The van der Waals surface area contributed by atoms with Crippen LogP contribution in [0, 0.1) is 10.1 Å². The van der Waals surface area contributed by atoms with Crippen molar-refractivity contribution in [3.05, 3.63) is 106 Å². The molecule has 0 unspecified atom stereocenters. The minimum atomic E-state index is -0.878. The average molecular weight is 545 g/mol. The van der Waals surface area contributed by atoms with Gasteiger partial charge in [0.1, 0.15) is 31.3 Å². The van der Waals surface area contributed by atoms with E-state index in [0.717, 1.165) is 5.56 Å². The minimum absolute atomic E-state index is 0.0213. The van der Waals surface area contributed by atoms with Crippen LogP contribution >= 0.6 is 0 Å². The van der Waals surface area contributed by atoms with E-state index in [0.29, 0.717) is 11.4 Å². The molecule has 11 nitrogen and oxygen atoms in total. The highest BCUT2D eigenvalue weighted by Gasteiger charge is 2.24. The number of nitrogens with zero attached hydrogens (tertiary/aromatic N) is 3. The lowest BCUT2D eigenvalue weighted by atomic mass is 9.87. The van der Waals surface area contributed by atoms with Crippen molar-refractivity contribution in [1.29, 1.82) is 0 Å². The number of hydrogen-bond donors (Lipinski definition) is 1. The van der Waals surface area contributed by atoms with Gasteiger partial charge in [0.15, 0.2) is 17.7 Å². The lowest BCUT2D eigenvalue weighted by Crippen LogP contribution is -2.30. The third-order valence-corrected chi connectivity index (χ3v) is 6.11. The third-order valence-electron chi connectivity index (χ3n) is 6.11. The van der Waals surface area contributed by atoms with Gasteiger partial charge in [-0.3, -0.25) is 9.59 Å². The first-order valence-corrected chi connectivity index (χ1v) is 12.4. The lowest BCUT2D eigenvalue weighted by molar-refractivity contribution is -0.397. The molecule has 1 atom stereocenters. The Bertz CT molecular complexity index is 1460. The molecule has 0 bridgehead atoms. The second-order valence-corrected chi connectivity index (χ2v) is 10.1. The van der Waals surface area contributed by atoms with Crippen molar-refractivity contribution in [2.75, 3.05) is 11.9 Å². The summed E-state index contributed by atoms with van der Waals surface area (Å²) in [5.41, 5.74) is 1.90. The number of aromatic nitrogens is 2. The molecule has 0 amide bonds. The van der Waals surface area contributed by atoms with E-state index in [1.807, 2.05) is 24.3 Å². The van der Waals surface area contributed by atoms with E-state index in [4.69, 9.17) is 9.47 Å². The van der Waals surface area contributed by atoms with Crippen LogP contribution in [0.5, 0.6) is 5.75 Å². The summed E-state index contributed by atoms with van der Waals surface area (Å²) in [6.45, 7) is 6.20. The molecule has 1 aliphatic rings. The molecule has 11 heteroatoms. The molecule has 3 aromatic rings. The van der Waals surface area contributed by atoms with Crippen LogP contribution in [-0.4, -0.2) is 44.7 Å². The first-order chi connectivity index (χ1) is 19.0. The SMILES string of the molecule is CC(C)(C)c1ccc(OC[C@H](Cn2ccnc2[N+](=O)[O-])OC(=O)c2ccc(NC=C3C(=O)C=CC3=O)cc2)cc1. The summed E-state index contributed by atoms with van der Waals surface area (Å²) in [6.07, 6.45) is 5.58. The van der Waals surface area contributed by atoms with E-state index >= 15 is 0 Å². The number of benzene rings is 2. The Morgan fingerprint density at radius 3 is 2.33 bits per heavy atom. The molecule has 1 aromatic heterocycles. The van der Waals surface area contributed by atoms with Gasteiger partial charge in [0.05, 0.1) is 11.1 Å². The van der Waals surface area contributed by atoms with Crippen LogP contribution in [0.15, 0.2) is 84.8 Å². The number of carbonyl (C=O) groups is 3. The van der Waals surface area contributed by atoms with Crippen molar-refractivity contribution in [2.24, 2.45) is 0 Å². The predicted molar refractivity (Wildman–Crippen MR) is 146 cm³/mol. The smallest absolute Gasteiger partial charge is 0.434 e. The van der Waals surface area contributed by atoms with Gasteiger partial charge < -0.3 is 24.9 Å². The van der Waals surface area contributed by atoms with Gasteiger partial charge in [0, 0.05) is 11.9 Å². The summed E-state index contributed by atoms with van der Waals surface area (Å²) >= 11 is 0. The van der Waals surface area contributed by atoms with Crippen molar-refractivity contribution >= 4 is 29.2 Å². The number of rotatable bonds is 10. The van der Waals surface area contributed by atoms with Crippen molar-refractivity contribution in [2.45, 2.75) is 38.8 Å². The van der Waals surface area contributed by atoms with E-state index in [1.165, 1.54) is 47.4 Å². The minimum Gasteiger partial charge on any atom is -0.490 e. The quantitative estimate of drug-likeness (QED) is 0.129. The van der Waals surface area contributed by atoms with E-state index in [2.05, 4.69) is 31.1 Å². The molecular formula is C29H28N4O7. The Hall–Kier alpha value is -5.06. The number of hydrogen-bond acceptors (Lipinski definition) is 9. The van der Waals surface area contributed by atoms with Gasteiger partial charge >= 0.3 is 11.9 Å². The Morgan fingerprint density at radius 1 is 1.07 bits per heavy atom. The number of esters is 1. The molecule has 1 aliphatic carbocycles. The zero-order valence-electron chi connectivity index (χ0n) is 22.2. The molecule has 0 saturated carbocycles. The van der Waals surface area contributed by atoms with Gasteiger partial charge in [-0.25, -0.2) is 9.36 Å². The van der Waals surface area contributed by atoms with Gasteiger partial charge in [-0.15, -0.1) is 0 Å². The maximum atomic E-state index is 13.0. The third kappa shape index (κ3) is 6.87. The maximum Gasteiger partial charge on any atom is 0.434 e. The Morgan fingerprint density at radius 2 is 1.73 bits per heavy atom. The highest BCUT2D eigenvalue weighted by Crippen LogP contribution is 2.24. The first-order valence-electron chi connectivity index (χ1n) is 12.4. The second kappa shape index (κ2) is 11.8. The molecule has 4 rings (SSSR count). The molecule has 2 aromatic carbocycles. The molecule has 0 saturated heterocycles. The van der Waals surface area contributed by atoms with Gasteiger partial charge in [-0.2, -0.15) is 0 Å². The number of ether oxygens (including phenoxy) is 2. The van der Waals surface area contributed by atoms with Crippen molar-refractivity contribution < 1.29 is 28.8 Å². The molecule has 1 N–H and O–H groups in total. The highest BCUT2D eigenvalue weighted by molar-refractivity contribution is 6.33. The van der Waals surface area contributed by atoms with E-state index in [1.54, 1.807) is 12.1 Å². The van der Waals surface area contributed by atoms with Gasteiger partial charge in [-0.05, 0) is 64.5 Å². The fourth-order valence-corrected chi connectivity index (χ4v) is 3.87. The van der Waals surface area contributed by atoms with Gasteiger partial charge in [-0.1, -0.05) is 37.9 Å². The average Bonchev–Trinajstić information content (AvgIpc) is 3.51. The number of imidazole rings is 1. The van der Waals surface area contributed by atoms with E-state index < -0.39 is 17.0 Å². The van der Waals surface area contributed by atoms with Crippen LogP contribution in [0.25, 0.3) is 0 Å². The van der Waals surface area contributed by atoms with E-state index in [9.17, 15) is 24.5 Å². The molecule has 206 valence electrons. The number of carbonyl (C=O) groups excluding carboxylic acids is 3. The standard InChI is InChI=1S/C29H28N4O7/c1-29(2,3)20-6-10-22(11-7-20)39-18-23(17-32-15-14-30-28(32)33(37)38)40-27(36)19-4-8-21(9-5-19)31-16-24-25(34)12-13-26(24)35/h4-16,23,31H,17-18H2,1-3H3/t23-/m0/s1. The summed E-state index contributed by atoms with van der Waals surface area (Å²) in [5, 5.41) is 14.2. The topological polar surface area (TPSA) is 143 Å². The molecule has 40 heavy (non-hydrogen) atoms. The van der Waals surface area contributed by atoms with Gasteiger partial charge in [0.25, 0.3) is 0 Å². The maximum absolute atomic E-state index is 13.0. The van der Waals surface area contributed by atoms with Crippen LogP contribution in [0.3, 0.4) is 0 Å². The predicted octanol–water partition coefficient (Wildman–Crippen LogP) is 4.40. The monoisotopic (exact) mass is 544 g/mol. The zero-order chi connectivity index (χ0) is 28.9. The number of nitrogens with one attached hydrogen (secondary N) is 1. The lowest BCUT2D eigenvalue weighted by Gasteiger charge is -2.20. The largest absolute Gasteiger partial charge is 0.490 e. The molecular weight excluding hydrogens is 516 g/mol. The Balaban J connectivity index is 1.45.